The molecule has 0 bridgehead atoms. The van der Waals surface area contributed by atoms with E-state index in [0.717, 1.165) is 32.6 Å². The van der Waals surface area contributed by atoms with Gasteiger partial charge in [0.2, 0.25) is 0 Å². The third-order valence-electron chi connectivity index (χ3n) is 5.64. The molecule has 0 saturated carbocycles. The van der Waals surface area contributed by atoms with E-state index in [0.29, 0.717) is 24.3 Å². The van der Waals surface area contributed by atoms with Crippen molar-refractivity contribution in [3.05, 3.63) is 59.7 Å². The normalized spacial score (nSPS) is 15.9. The van der Waals surface area contributed by atoms with Gasteiger partial charge in [0.15, 0.2) is 5.78 Å². The van der Waals surface area contributed by atoms with Crippen LogP contribution in [0.25, 0.3) is 0 Å². The zero-order chi connectivity index (χ0) is 20.6. The standard InChI is InChI=1S/C24H32N2O3/c1-3-19-5-9-21(10-6-19)26-15-13-25(14-16-26)17-22(27)18-29-23-11-7-20(8-12-23)24(28)4-2/h5-12,22,27H,3-4,13-18H2,1-2H3/p+1/t22-/m0/s1. The Morgan fingerprint density at radius 1 is 1.07 bits per heavy atom. The number of aryl methyl sites for hydroxylation is 1. The minimum Gasteiger partial charge on any atom is -0.491 e. The van der Waals surface area contributed by atoms with Gasteiger partial charge in [-0.3, -0.25) is 4.79 Å². The highest BCUT2D eigenvalue weighted by molar-refractivity contribution is 5.95. The van der Waals surface area contributed by atoms with Crippen LogP contribution in [0.4, 0.5) is 5.69 Å². The van der Waals surface area contributed by atoms with Crippen LogP contribution < -0.4 is 14.5 Å². The highest BCUT2D eigenvalue weighted by Gasteiger charge is 2.23. The molecular weight excluding hydrogens is 364 g/mol. The number of aliphatic hydroxyl groups excluding tert-OH is 1. The van der Waals surface area contributed by atoms with Gasteiger partial charge < -0.3 is 19.6 Å². The van der Waals surface area contributed by atoms with E-state index in [9.17, 15) is 9.90 Å². The third-order valence-corrected chi connectivity index (χ3v) is 5.64. The largest absolute Gasteiger partial charge is 0.491 e. The van der Waals surface area contributed by atoms with E-state index >= 15 is 0 Å². The first-order valence-electron chi connectivity index (χ1n) is 10.7. The molecule has 2 N–H and O–H groups in total. The molecule has 5 heteroatoms. The van der Waals surface area contributed by atoms with Crippen molar-refractivity contribution in [3.63, 3.8) is 0 Å². The molecule has 5 nitrogen and oxygen atoms in total. The summed E-state index contributed by atoms with van der Waals surface area (Å²) in [7, 11) is 0. The van der Waals surface area contributed by atoms with Crippen molar-refractivity contribution in [2.24, 2.45) is 0 Å². The lowest BCUT2D eigenvalue weighted by Crippen LogP contribution is -3.16. The number of rotatable bonds is 9. The third kappa shape index (κ3) is 6.05. The molecule has 0 aliphatic carbocycles. The van der Waals surface area contributed by atoms with Crippen molar-refractivity contribution >= 4 is 11.5 Å². The molecule has 156 valence electrons. The van der Waals surface area contributed by atoms with Gasteiger partial charge in [0.1, 0.15) is 25.0 Å². The second-order valence-electron chi connectivity index (χ2n) is 7.73. The average molecular weight is 398 g/mol. The van der Waals surface area contributed by atoms with Crippen molar-refractivity contribution in [3.8, 4) is 5.75 Å². The molecule has 1 atom stereocenters. The van der Waals surface area contributed by atoms with Gasteiger partial charge in [-0.25, -0.2) is 0 Å². The Balaban J connectivity index is 1.40. The average Bonchev–Trinajstić information content (AvgIpc) is 2.78. The Kier molecular flexibility index (Phi) is 7.67. The number of benzene rings is 2. The van der Waals surface area contributed by atoms with Crippen molar-refractivity contribution in [1.29, 1.82) is 0 Å². The summed E-state index contributed by atoms with van der Waals surface area (Å²) < 4.78 is 5.70. The maximum absolute atomic E-state index is 11.7. The summed E-state index contributed by atoms with van der Waals surface area (Å²) in [4.78, 5) is 15.5. The van der Waals surface area contributed by atoms with E-state index in [1.54, 1.807) is 24.3 Å². The number of hydrogen-bond acceptors (Lipinski definition) is 4. The Labute approximate surface area is 173 Å². The van der Waals surface area contributed by atoms with Crippen LogP contribution in [0.2, 0.25) is 0 Å². The lowest BCUT2D eigenvalue weighted by molar-refractivity contribution is -0.903. The Bertz CT molecular complexity index is 766. The molecule has 2 aromatic rings. The second-order valence-corrected chi connectivity index (χ2v) is 7.73. The van der Waals surface area contributed by atoms with Gasteiger partial charge in [-0.05, 0) is 48.4 Å². The van der Waals surface area contributed by atoms with Crippen LogP contribution in [-0.4, -0.2) is 56.3 Å². The van der Waals surface area contributed by atoms with E-state index in [1.807, 2.05) is 6.92 Å². The Morgan fingerprint density at radius 2 is 1.72 bits per heavy atom. The first-order valence-corrected chi connectivity index (χ1v) is 10.7. The topological polar surface area (TPSA) is 54.2 Å². The van der Waals surface area contributed by atoms with Crippen LogP contribution in [0, 0.1) is 0 Å². The number of Topliss-reactive ketones (excluding diaryl/α,β-unsaturated/α-hetero) is 1. The van der Waals surface area contributed by atoms with Crippen molar-refractivity contribution in [2.45, 2.75) is 32.8 Å². The fraction of sp³-hybridized carbons (Fsp3) is 0.458. The molecule has 0 spiro atoms. The summed E-state index contributed by atoms with van der Waals surface area (Å²) in [5.41, 5.74) is 3.36. The number of carbonyl (C=O) groups excluding carboxylic acids is 1. The fourth-order valence-electron chi connectivity index (χ4n) is 3.75. The number of piperazine rings is 1. The molecule has 0 aromatic heterocycles. The summed E-state index contributed by atoms with van der Waals surface area (Å²) in [6.07, 6.45) is 1.07. The summed E-state index contributed by atoms with van der Waals surface area (Å²) in [5, 5.41) is 10.4. The number of aliphatic hydroxyl groups is 1. The number of ketones is 1. The summed E-state index contributed by atoms with van der Waals surface area (Å²) in [6.45, 7) is 9.02. The lowest BCUT2D eigenvalue weighted by Gasteiger charge is -2.34. The minimum atomic E-state index is -0.502. The van der Waals surface area contributed by atoms with E-state index in [1.165, 1.54) is 16.2 Å². The van der Waals surface area contributed by atoms with Crippen molar-refractivity contribution in [2.75, 3.05) is 44.2 Å². The molecule has 0 amide bonds. The Hall–Kier alpha value is -2.37. The molecule has 1 heterocycles. The van der Waals surface area contributed by atoms with Crippen molar-refractivity contribution < 1.29 is 19.5 Å². The molecule has 1 saturated heterocycles. The molecule has 1 fully saturated rings. The highest BCUT2D eigenvalue weighted by Crippen LogP contribution is 2.16. The van der Waals surface area contributed by atoms with Crippen LogP contribution in [0.1, 0.15) is 36.2 Å². The van der Waals surface area contributed by atoms with E-state index in [-0.39, 0.29) is 12.4 Å². The molecule has 2 aromatic carbocycles. The highest BCUT2D eigenvalue weighted by atomic mass is 16.5. The summed E-state index contributed by atoms with van der Waals surface area (Å²) in [5.74, 6) is 0.813. The van der Waals surface area contributed by atoms with Gasteiger partial charge >= 0.3 is 0 Å². The molecule has 29 heavy (non-hydrogen) atoms. The second kappa shape index (κ2) is 10.4. The number of quaternary nitrogens is 1. The van der Waals surface area contributed by atoms with Gasteiger partial charge in [-0.2, -0.15) is 0 Å². The quantitative estimate of drug-likeness (QED) is 0.636. The maximum Gasteiger partial charge on any atom is 0.162 e. The van der Waals surface area contributed by atoms with E-state index < -0.39 is 6.10 Å². The molecule has 1 aliphatic heterocycles. The number of nitrogens with zero attached hydrogens (tertiary/aromatic N) is 1. The van der Waals surface area contributed by atoms with E-state index in [4.69, 9.17) is 4.74 Å². The SMILES string of the molecule is CCC(=O)c1ccc(OC[C@@H](O)C[NH+]2CCN(c3ccc(CC)cc3)CC2)cc1. The first kappa shape index (κ1) is 21.3. The first-order chi connectivity index (χ1) is 14.1. The predicted octanol–water partition coefficient (Wildman–Crippen LogP) is 1.99. The van der Waals surface area contributed by atoms with Gasteiger partial charge in [0, 0.05) is 17.7 Å². The number of anilines is 1. The van der Waals surface area contributed by atoms with Gasteiger partial charge in [-0.1, -0.05) is 26.0 Å². The zero-order valence-electron chi connectivity index (χ0n) is 17.6. The molecular formula is C24H33N2O3+. The number of hydrogen-bond donors (Lipinski definition) is 2. The monoisotopic (exact) mass is 397 g/mol. The Morgan fingerprint density at radius 3 is 2.31 bits per heavy atom. The predicted molar refractivity (Wildman–Crippen MR) is 116 cm³/mol. The number of carbonyl (C=O) groups is 1. The fourth-order valence-corrected chi connectivity index (χ4v) is 3.75. The summed E-state index contributed by atoms with van der Waals surface area (Å²) in [6, 6.07) is 16.0. The number of nitrogens with one attached hydrogen (secondary N) is 1. The van der Waals surface area contributed by atoms with Crippen LogP contribution in [0.3, 0.4) is 0 Å². The van der Waals surface area contributed by atoms with Gasteiger partial charge in [0.05, 0.1) is 26.2 Å². The van der Waals surface area contributed by atoms with Crippen LogP contribution in [0.15, 0.2) is 48.5 Å². The van der Waals surface area contributed by atoms with Crippen LogP contribution in [-0.2, 0) is 6.42 Å². The smallest absolute Gasteiger partial charge is 0.162 e. The number of ether oxygens (including phenoxy) is 1. The maximum atomic E-state index is 11.7. The van der Waals surface area contributed by atoms with E-state index in [2.05, 4.69) is 36.1 Å². The van der Waals surface area contributed by atoms with Crippen LogP contribution in [0.5, 0.6) is 5.75 Å². The molecule has 0 unspecified atom stereocenters. The van der Waals surface area contributed by atoms with Crippen molar-refractivity contribution in [1.82, 2.24) is 0 Å². The van der Waals surface area contributed by atoms with Crippen LogP contribution >= 0.6 is 0 Å². The molecule has 0 radical (unpaired) electrons. The summed E-state index contributed by atoms with van der Waals surface area (Å²) >= 11 is 0. The molecule has 1 aliphatic rings. The lowest BCUT2D eigenvalue weighted by atomic mass is 10.1. The van der Waals surface area contributed by atoms with Gasteiger partial charge in [0.25, 0.3) is 0 Å². The zero-order valence-corrected chi connectivity index (χ0v) is 17.6. The van der Waals surface area contributed by atoms with Gasteiger partial charge in [-0.15, -0.1) is 0 Å². The molecule has 3 rings (SSSR count). The minimum absolute atomic E-state index is 0.126.